The number of amides is 1. The van der Waals surface area contributed by atoms with Crippen LogP contribution in [-0.4, -0.2) is 72.3 Å². The third-order valence-corrected chi connectivity index (χ3v) is 4.34. The van der Waals surface area contributed by atoms with Gasteiger partial charge in [0.05, 0.1) is 18.7 Å². The van der Waals surface area contributed by atoms with E-state index in [-0.39, 0.29) is 18.5 Å². The van der Waals surface area contributed by atoms with Gasteiger partial charge in [0.25, 0.3) is 5.91 Å². The summed E-state index contributed by atoms with van der Waals surface area (Å²) >= 11 is 0. The zero-order valence-electron chi connectivity index (χ0n) is 14.7. The number of carbonyl (C=O) groups is 2. The number of anilines is 1. The quantitative estimate of drug-likeness (QED) is 0.536. The number of aromatic nitrogens is 1. The van der Waals surface area contributed by atoms with Crippen molar-refractivity contribution in [3.8, 4) is 0 Å². The molecule has 8 nitrogen and oxygen atoms in total. The van der Waals surface area contributed by atoms with Gasteiger partial charge in [-0.2, -0.15) is 0 Å². The summed E-state index contributed by atoms with van der Waals surface area (Å²) in [6, 6.07) is 4.09. The lowest BCUT2D eigenvalue weighted by atomic mass is 9.85. The number of hydrogen-bond acceptors (Lipinski definition) is 6. The van der Waals surface area contributed by atoms with Crippen molar-refractivity contribution in [2.24, 2.45) is 0 Å². The molecule has 0 aliphatic heterocycles. The molecule has 1 aromatic rings. The number of carboxylic acid groups (broad SMARTS) is 1. The van der Waals surface area contributed by atoms with Crippen molar-refractivity contribution in [2.45, 2.75) is 31.8 Å². The van der Waals surface area contributed by atoms with Crippen molar-refractivity contribution in [3.05, 3.63) is 23.9 Å². The number of nitrogens with zero attached hydrogens (tertiary/aromatic N) is 2. The first-order valence-corrected chi connectivity index (χ1v) is 8.49. The van der Waals surface area contributed by atoms with Crippen LogP contribution in [0.25, 0.3) is 0 Å². The number of carbonyl (C=O) groups excluding carboxylic acids is 1. The fraction of sp³-hybridized carbons (Fsp3) is 0.588. The smallest absolute Gasteiger partial charge is 0.317 e. The molecule has 1 aliphatic rings. The summed E-state index contributed by atoms with van der Waals surface area (Å²) in [6.45, 7) is 3.72. The Morgan fingerprint density at radius 1 is 1.40 bits per heavy atom. The second kappa shape index (κ2) is 9.33. The summed E-state index contributed by atoms with van der Waals surface area (Å²) in [5.41, 5.74) is 0.506. The number of ether oxygens (including phenoxy) is 1. The maximum atomic E-state index is 11.9. The molecular formula is C17H26N4O4. The van der Waals surface area contributed by atoms with Crippen LogP contribution in [0, 0.1) is 0 Å². The average molecular weight is 350 g/mol. The standard InChI is InChI=1S/C17H26N4O4/c1-3-21(11-16(22)23)14-8-13(9-14)20-15-5-4-12(10-19-15)17(24)18-6-7-25-2/h4-5,10,13-14H,3,6-9,11H2,1-2H3,(H,18,24)(H,19,20)(H,22,23). The average Bonchev–Trinajstić information content (AvgIpc) is 2.56. The van der Waals surface area contributed by atoms with Gasteiger partial charge in [0, 0.05) is 31.9 Å². The maximum Gasteiger partial charge on any atom is 0.317 e. The molecule has 0 atom stereocenters. The second-order valence-electron chi connectivity index (χ2n) is 6.10. The van der Waals surface area contributed by atoms with Crippen molar-refractivity contribution >= 4 is 17.7 Å². The van der Waals surface area contributed by atoms with Gasteiger partial charge in [0.2, 0.25) is 0 Å². The number of pyridine rings is 1. The molecule has 138 valence electrons. The Bertz CT molecular complexity index is 573. The van der Waals surface area contributed by atoms with E-state index in [4.69, 9.17) is 9.84 Å². The molecule has 8 heteroatoms. The molecule has 25 heavy (non-hydrogen) atoms. The van der Waals surface area contributed by atoms with E-state index in [1.54, 1.807) is 25.4 Å². The van der Waals surface area contributed by atoms with Crippen LogP contribution in [0.4, 0.5) is 5.82 Å². The van der Waals surface area contributed by atoms with Gasteiger partial charge in [0.1, 0.15) is 5.82 Å². The molecule has 1 heterocycles. The Labute approximate surface area is 147 Å². The highest BCUT2D eigenvalue weighted by molar-refractivity contribution is 5.94. The normalized spacial score (nSPS) is 19.3. The van der Waals surface area contributed by atoms with Crippen LogP contribution in [0.15, 0.2) is 18.3 Å². The minimum Gasteiger partial charge on any atom is -0.480 e. The molecule has 0 aromatic carbocycles. The fourth-order valence-corrected chi connectivity index (χ4v) is 2.87. The third kappa shape index (κ3) is 5.68. The van der Waals surface area contributed by atoms with Gasteiger partial charge in [-0.05, 0) is 31.5 Å². The molecule has 0 bridgehead atoms. The van der Waals surface area contributed by atoms with Crippen molar-refractivity contribution < 1.29 is 19.4 Å². The number of rotatable bonds is 10. The highest BCUT2D eigenvalue weighted by atomic mass is 16.5. The third-order valence-electron chi connectivity index (χ3n) is 4.34. The Morgan fingerprint density at radius 2 is 2.16 bits per heavy atom. The van der Waals surface area contributed by atoms with Crippen molar-refractivity contribution in [2.75, 3.05) is 38.7 Å². The highest BCUT2D eigenvalue weighted by Gasteiger charge is 2.33. The fourth-order valence-electron chi connectivity index (χ4n) is 2.87. The predicted molar refractivity (Wildman–Crippen MR) is 93.8 cm³/mol. The molecule has 1 fully saturated rings. The summed E-state index contributed by atoms with van der Waals surface area (Å²) in [6.07, 6.45) is 3.33. The molecule has 2 rings (SSSR count). The zero-order valence-corrected chi connectivity index (χ0v) is 14.7. The van der Waals surface area contributed by atoms with Crippen LogP contribution in [0.3, 0.4) is 0 Å². The lowest BCUT2D eigenvalue weighted by Crippen LogP contribution is -2.51. The molecule has 0 unspecified atom stereocenters. The lowest BCUT2D eigenvalue weighted by Gasteiger charge is -2.42. The summed E-state index contributed by atoms with van der Waals surface area (Å²) in [7, 11) is 1.58. The minimum absolute atomic E-state index is 0.0824. The molecule has 1 amide bonds. The Kier molecular flexibility index (Phi) is 7.15. The van der Waals surface area contributed by atoms with Crippen LogP contribution < -0.4 is 10.6 Å². The van der Waals surface area contributed by atoms with E-state index in [2.05, 4.69) is 15.6 Å². The number of methoxy groups -OCH3 is 1. The maximum absolute atomic E-state index is 11.9. The molecule has 0 spiro atoms. The van der Waals surface area contributed by atoms with Crippen molar-refractivity contribution in [1.29, 1.82) is 0 Å². The van der Waals surface area contributed by atoms with Crippen LogP contribution in [-0.2, 0) is 9.53 Å². The van der Waals surface area contributed by atoms with Gasteiger partial charge in [-0.25, -0.2) is 4.98 Å². The van der Waals surface area contributed by atoms with Gasteiger partial charge in [-0.3, -0.25) is 14.5 Å². The van der Waals surface area contributed by atoms with E-state index in [0.29, 0.717) is 24.8 Å². The Morgan fingerprint density at radius 3 is 2.72 bits per heavy atom. The van der Waals surface area contributed by atoms with E-state index in [0.717, 1.165) is 25.2 Å². The molecule has 0 radical (unpaired) electrons. The largest absolute Gasteiger partial charge is 0.480 e. The zero-order chi connectivity index (χ0) is 18.2. The van der Waals surface area contributed by atoms with Crippen LogP contribution in [0.1, 0.15) is 30.1 Å². The topological polar surface area (TPSA) is 104 Å². The van der Waals surface area contributed by atoms with Crippen LogP contribution >= 0.6 is 0 Å². The van der Waals surface area contributed by atoms with E-state index >= 15 is 0 Å². The number of aliphatic carboxylic acids is 1. The van der Waals surface area contributed by atoms with Crippen molar-refractivity contribution in [1.82, 2.24) is 15.2 Å². The molecule has 1 aromatic heterocycles. The van der Waals surface area contributed by atoms with E-state index in [1.807, 2.05) is 11.8 Å². The number of hydrogen-bond donors (Lipinski definition) is 3. The Balaban J connectivity index is 1.77. The summed E-state index contributed by atoms with van der Waals surface area (Å²) in [5, 5.41) is 15.0. The minimum atomic E-state index is -0.792. The molecule has 1 saturated carbocycles. The van der Waals surface area contributed by atoms with Crippen molar-refractivity contribution in [3.63, 3.8) is 0 Å². The van der Waals surface area contributed by atoms with Crippen LogP contribution in [0.2, 0.25) is 0 Å². The summed E-state index contributed by atoms with van der Waals surface area (Å²) < 4.78 is 4.89. The van der Waals surface area contributed by atoms with Gasteiger partial charge >= 0.3 is 5.97 Å². The molecular weight excluding hydrogens is 324 g/mol. The number of carboxylic acids is 1. The summed E-state index contributed by atoms with van der Waals surface area (Å²) in [4.78, 5) is 29.0. The molecule has 3 N–H and O–H groups in total. The van der Waals surface area contributed by atoms with Gasteiger partial charge < -0.3 is 20.5 Å². The van der Waals surface area contributed by atoms with Crippen LogP contribution in [0.5, 0.6) is 0 Å². The van der Waals surface area contributed by atoms with E-state index in [1.165, 1.54) is 0 Å². The first-order valence-electron chi connectivity index (χ1n) is 8.49. The van der Waals surface area contributed by atoms with Gasteiger partial charge in [0.15, 0.2) is 0 Å². The van der Waals surface area contributed by atoms with E-state index in [9.17, 15) is 9.59 Å². The Hall–Kier alpha value is -2.19. The first kappa shape index (κ1) is 19.1. The molecule has 0 saturated heterocycles. The SMILES string of the molecule is CCN(CC(=O)O)C1CC(Nc2ccc(C(=O)NCCOC)cn2)C1. The van der Waals surface area contributed by atoms with Gasteiger partial charge in [-0.1, -0.05) is 6.92 Å². The lowest BCUT2D eigenvalue weighted by molar-refractivity contribution is -0.139. The summed E-state index contributed by atoms with van der Waals surface area (Å²) in [5.74, 6) is -0.246. The highest BCUT2D eigenvalue weighted by Crippen LogP contribution is 2.28. The first-order chi connectivity index (χ1) is 12.0. The van der Waals surface area contributed by atoms with Gasteiger partial charge in [-0.15, -0.1) is 0 Å². The number of likely N-dealkylation sites (N-methyl/N-ethyl adjacent to an activating group) is 1. The second-order valence-corrected chi connectivity index (χ2v) is 6.10. The predicted octanol–water partition coefficient (Wildman–Crippen LogP) is 0.807. The number of nitrogens with one attached hydrogen (secondary N) is 2. The molecule has 1 aliphatic carbocycles. The monoisotopic (exact) mass is 350 g/mol. The van der Waals surface area contributed by atoms with E-state index < -0.39 is 5.97 Å².